The lowest BCUT2D eigenvalue weighted by atomic mass is 10.2. The van der Waals surface area contributed by atoms with E-state index >= 15 is 0 Å². The number of halogens is 1. The van der Waals surface area contributed by atoms with Crippen LogP contribution in [0.1, 0.15) is 23.7 Å². The van der Waals surface area contributed by atoms with Crippen molar-refractivity contribution in [3.05, 3.63) is 50.9 Å². The van der Waals surface area contributed by atoms with Gasteiger partial charge in [0.05, 0.1) is 20.9 Å². The van der Waals surface area contributed by atoms with Crippen molar-refractivity contribution in [3.63, 3.8) is 0 Å². The Morgan fingerprint density at radius 2 is 2.10 bits per heavy atom. The molecule has 2 N–H and O–H groups in total. The number of benzene rings is 1. The number of aryl methyl sites for hydroxylation is 1. The Kier molecular flexibility index (Phi) is 3.92. The largest absolute Gasteiger partial charge is 0.328 e. The normalized spacial score (nSPS) is 12.9. The van der Waals surface area contributed by atoms with Crippen LogP contribution in [0.3, 0.4) is 0 Å². The molecule has 20 heavy (non-hydrogen) atoms. The fourth-order valence-electron chi connectivity index (χ4n) is 2.55. The summed E-state index contributed by atoms with van der Waals surface area (Å²) in [6, 6.07) is 12.6. The summed E-state index contributed by atoms with van der Waals surface area (Å²) in [5.74, 6) is 1.09. The average molecular weight is 350 g/mol. The third kappa shape index (κ3) is 2.30. The molecule has 0 bridgehead atoms. The van der Waals surface area contributed by atoms with E-state index in [-0.39, 0.29) is 6.04 Å². The first-order chi connectivity index (χ1) is 9.74. The average Bonchev–Trinajstić information content (AvgIpc) is 3.05. The molecule has 2 heterocycles. The van der Waals surface area contributed by atoms with Gasteiger partial charge in [-0.1, -0.05) is 19.1 Å². The van der Waals surface area contributed by atoms with Crippen LogP contribution in [0.2, 0.25) is 0 Å². The number of fused-ring (bicyclic) bond motifs is 1. The lowest BCUT2D eigenvalue weighted by molar-refractivity contribution is 0.592. The molecular weight excluding hydrogens is 334 g/mol. The highest BCUT2D eigenvalue weighted by molar-refractivity contribution is 9.11. The van der Waals surface area contributed by atoms with E-state index in [9.17, 15) is 0 Å². The first-order valence-corrected chi connectivity index (χ1v) is 8.26. The predicted molar refractivity (Wildman–Crippen MR) is 88.3 cm³/mol. The van der Waals surface area contributed by atoms with Gasteiger partial charge < -0.3 is 10.3 Å². The van der Waals surface area contributed by atoms with E-state index in [1.807, 2.05) is 6.07 Å². The molecule has 5 heteroatoms. The number of imidazole rings is 1. The third-order valence-electron chi connectivity index (χ3n) is 3.44. The van der Waals surface area contributed by atoms with Crippen LogP contribution in [0, 0.1) is 0 Å². The van der Waals surface area contributed by atoms with Crippen LogP contribution in [-0.2, 0) is 6.42 Å². The van der Waals surface area contributed by atoms with E-state index in [0.717, 1.165) is 27.1 Å². The Bertz CT molecular complexity index is 732. The molecule has 0 fully saturated rings. The Hall–Kier alpha value is -1.17. The molecule has 0 amide bonds. The number of nitrogens with two attached hydrogens (primary N) is 1. The van der Waals surface area contributed by atoms with Gasteiger partial charge in [-0.3, -0.25) is 0 Å². The molecule has 3 rings (SSSR count). The molecule has 0 spiro atoms. The summed E-state index contributed by atoms with van der Waals surface area (Å²) < 4.78 is 3.42. The van der Waals surface area contributed by atoms with Crippen LogP contribution in [0.25, 0.3) is 11.0 Å². The summed E-state index contributed by atoms with van der Waals surface area (Å²) >= 11 is 5.27. The topological polar surface area (TPSA) is 43.8 Å². The standard InChI is InChI=1S/C15H16BrN3S/c1-2-15-18-10-5-3-4-6-11(10)19(15)12(9-17)13-7-8-14(16)20-13/h3-8,12H,2,9,17H2,1H3. The highest BCUT2D eigenvalue weighted by atomic mass is 79.9. The van der Waals surface area contributed by atoms with E-state index in [1.165, 1.54) is 4.88 Å². The second kappa shape index (κ2) is 5.68. The number of nitrogens with zero attached hydrogens (tertiary/aromatic N) is 2. The molecule has 0 aliphatic carbocycles. The summed E-state index contributed by atoms with van der Waals surface area (Å²) in [4.78, 5) is 5.99. The van der Waals surface area contributed by atoms with E-state index < -0.39 is 0 Å². The van der Waals surface area contributed by atoms with Crippen LogP contribution in [0.15, 0.2) is 40.2 Å². The van der Waals surface area contributed by atoms with Crippen molar-refractivity contribution in [3.8, 4) is 0 Å². The maximum absolute atomic E-state index is 6.06. The van der Waals surface area contributed by atoms with Crippen molar-refractivity contribution in [1.29, 1.82) is 0 Å². The minimum Gasteiger partial charge on any atom is -0.328 e. The van der Waals surface area contributed by atoms with Gasteiger partial charge in [0.25, 0.3) is 0 Å². The number of hydrogen-bond donors (Lipinski definition) is 1. The van der Waals surface area contributed by atoms with E-state index in [1.54, 1.807) is 11.3 Å². The molecule has 2 aromatic heterocycles. The van der Waals surface area contributed by atoms with Crippen LogP contribution < -0.4 is 5.73 Å². The van der Waals surface area contributed by atoms with E-state index in [0.29, 0.717) is 6.54 Å². The van der Waals surface area contributed by atoms with E-state index in [2.05, 4.69) is 57.8 Å². The predicted octanol–water partition coefficient (Wildman–Crippen LogP) is 3.97. The Morgan fingerprint density at radius 1 is 1.30 bits per heavy atom. The molecule has 0 saturated carbocycles. The van der Waals surface area contributed by atoms with Gasteiger partial charge in [-0.25, -0.2) is 4.98 Å². The zero-order valence-electron chi connectivity index (χ0n) is 11.2. The van der Waals surface area contributed by atoms with Crippen LogP contribution >= 0.6 is 27.3 Å². The molecule has 1 aromatic carbocycles. The van der Waals surface area contributed by atoms with Gasteiger partial charge in [-0.05, 0) is 40.2 Å². The summed E-state index contributed by atoms with van der Waals surface area (Å²) in [5.41, 5.74) is 8.26. The van der Waals surface area contributed by atoms with Gasteiger partial charge in [0.1, 0.15) is 5.82 Å². The third-order valence-corrected chi connectivity index (χ3v) is 5.17. The summed E-state index contributed by atoms with van der Waals surface area (Å²) in [7, 11) is 0. The molecule has 0 radical (unpaired) electrons. The molecule has 1 atom stereocenters. The Labute approximate surface area is 130 Å². The quantitative estimate of drug-likeness (QED) is 0.774. The SMILES string of the molecule is CCc1nc2ccccc2n1C(CN)c1ccc(Br)s1. The van der Waals surface area contributed by atoms with Crippen molar-refractivity contribution < 1.29 is 0 Å². The number of aromatic nitrogens is 2. The molecule has 0 aliphatic heterocycles. The molecule has 3 aromatic rings. The van der Waals surface area contributed by atoms with Gasteiger partial charge in [-0.15, -0.1) is 11.3 Å². The minimum absolute atomic E-state index is 0.147. The van der Waals surface area contributed by atoms with Crippen LogP contribution in [-0.4, -0.2) is 16.1 Å². The zero-order valence-corrected chi connectivity index (χ0v) is 13.6. The monoisotopic (exact) mass is 349 g/mol. The van der Waals surface area contributed by atoms with Gasteiger partial charge in [0.2, 0.25) is 0 Å². The summed E-state index contributed by atoms with van der Waals surface area (Å²) in [6.07, 6.45) is 0.901. The smallest absolute Gasteiger partial charge is 0.110 e. The fraction of sp³-hybridized carbons (Fsp3) is 0.267. The minimum atomic E-state index is 0.147. The molecular formula is C15H16BrN3S. The number of thiophene rings is 1. The highest BCUT2D eigenvalue weighted by Gasteiger charge is 2.20. The van der Waals surface area contributed by atoms with Gasteiger partial charge in [0, 0.05) is 17.8 Å². The first kappa shape index (κ1) is 13.8. The van der Waals surface area contributed by atoms with Crippen molar-refractivity contribution in [1.82, 2.24) is 9.55 Å². The molecule has 1 unspecified atom stereocenters. The lowest BCUT2D eigenvalue weighted by Crippen LogP contribution is -2.21. The van der Waals surface area contributed by atoms with Crippen LogP contribution in [0.4, 0.5) is 0 Å². The lowest BCUT2D eigenvalue weighted by Gasteiger charge is -2.18. The van der Waals surface area contributed by atoms with Gasteiger partial charge in [0.15, 0.2) is 0 Å². The molecule has 3 nitrogen and oxygen atoms in total. The second-order valence-corrected chi connectivity index (χ2v) is 7.13. The molecule has 0 saturated heterocycles. The van der Waals surface area contributed by atoms with Gasteiger partial charge >= 0.3 is 0 Å². The second-order valence-electron chi connectivity index (χ2n) is 4.63. The fourth-order valence-corrected chi connectivity index (χ4v) is 4.08. The number of rotatable bonds is 4. The highest BCUT2D eigenvalue weighted by Crippen LogP contribution is 2.32. The first-order valence-electron chi connectivity index (χ1n) is 6.65. The van der Waals surface area contributed by atoms with Crippen molar-refractivity contribution in [2.45, 2.75) is 19.4 Å². The van der Waals surface area contributed by atoms with Crippen molar-refractivity contribution in [2.75, 3.05) is 6.54 Å². The maximum atomic E-state index is 6.06. The number of para-hydroxylation sites is 2. The van der Waals surface area contributed by atoms with Crippen LogP contribution in [0.5, 0.6) is 0 Å². The van der Waals surface area contributed by atoms with Crippen molar-refractivity contribution in [2.24, 2.45) is 5.73 Å². The van der Waals surface area contributed by atoms with Crippen molar-refractivity contribution >= 4 is 38.3 Å². The van der Waals surface area contributed by atoms with E-state index in [4.69, 9.17) is 10.7 Å². The zero-order chi connectivity index (χ0) is 14.1. The van der Waals surface area contributed by atoms with Gasteiger partial charge in [-0.2, -0.15) is 0 Å². The molecule has 0 aliphatic rings. The molecule has 104 valence electrons. The Balaban J connectivity index is 2.20. The number of hydrogen-bond acceptors (Lipinski definition) is 3. The summed E-state index contributed by atoms with van der Waals surface area (Å²) in [5, 5.41) is 0. The maximum Gasteiger partial charge on any atom is 0.110 e. The summed E-state index contributed by atoms with van der Waals surface area (Å²) in [6.45, 7) is 2.70. The Morgan fingerprint density at radius 3 is 2.75 bits per heavy atom.